The van der Waals surface area contributed by atoms with Crippen LogP contribution >= 0.6 is 0 Å². The van der Waals surface area contributed by atoms with Crippen molar-refractivity contribution in [3.8, 4) is 34.0 Å². The highest BCUT2D eigenvalue weighted by Crippen LogP contribution is 2.25. The van der Waals surface area contributed by atoms with Crippen molar-refractivity contribution in [3.05, 3.63) is 93.2 Å². The normalized spacial score (nSPS) is 11.1. The summed E-state index contributed by atoms with van der Waals surface area (Å²) in [5, 5.41) is 1.02. The van der Waals surface area contributed by atoms with Crippen molar-refractivity contribution in [3.63, 3.8) is 0 Å². The molecule has 2 N–H and O–H groups in total. The quantitative estimate of drug-likeness (QED) is 0.409. The van der Waals surface area contributed by atoms with Gasteiger partial charge in [-0.25, -0.2) is 0 Å². The van der Waals surface area contributed by atoms with Crippen LogP contribution in [0.15, 0.2) is 82.4 Å². The van der Waals surface area contributed by atoms with E-state index in [1.54, 1.807) is 38.5 Å². The number of methoxy groups -OCH3 is 2. The predicted molar refractivity (Wildman–Crippen MR) is 127 cm³/mol. The van der Waals surface area contributed by atoms with E-state index in [4.69, 9.17) is 9.47 Å². The average molecular weight is 424 g/mol. The van der Waals surface area contributed by atoms with E-state index in [0.717, 1.165) is 22.6 Å². The van der Waals surface area contributed by atoms with Crippen LogP contribution in [-0.4, -0.2) is 24.2 Å². The number of nitrogens with one attached hydrogen (secondary N) is 2. The number of benzene rings is 3. The van der Waals surface area contributed by atoms with Crippen molar-refractivity contribution in [1.29, 1.82) is 0 Å². The molecule has 0 atom stereocenters. The first-order valence-corrected chi connectivity index (χ1v) is 10.1. The van der Waals surface area contributed by atoms with Gasteiger partial charge >= 0.3 is 0 Å². The Kier molecular flexibility index (Phi) is 4.75. The summed E-state index contributed by atoms with van der Waals surface area (Å²) in [6.07, 6.45) is 0. The van der Waals surface area contributed by atoms with Gasteiger partial charge in [0.2, 0.25) is 0 Å². The van der Waals surface area contributed by atoms with Crippen molar-refractivity contribution in [2.75, 3.05) is 14.2 Å². The minimum absolute atomic E-state index is 0.123. The highest BCUT2D eigenvalue weighted by Gasteiger charge is 2.10. The van der Waals surface area contributed by atoms with Gasteiger partial charge in [-0.1, -0.05) is 0 Å². The van der Waals surface area contributed by atoms with Gasteiger partial charge in [-0.2, -0.15) is 0 Å². The lowest BCUT2D eigenvalue weighted by atomic mass is 10.1. The fraction of sp³-hybridized carbons (Fsp3) is 0.0769. The zero-order chi connectivity index (χ0) is 22.2. The summed E-state index contributed by atoms with van der Waals surface area (Å²) in [5.41, 5.74) is 4.04. The molecule has 5 aromatic rings. The zero-order valence-corrected chi connectivity index (χ0v) is 17.6. The molecule has 0 fully saturated rings. The molecule has 0 unspecified atom stereocenters. The minimum Gasteiger partial charge on any atom is -0.497 e. The number of H-pyrrole nitrogens is 2. The van der Waals surface area contributed by atoms with Gasteiger partial charge in [0.25, 0.3) is 0 Å². The maximum absolute atomic E-state index is 12.9. The molecule has 0 aliphatic carbocycles. The zero-order valence-electron chi connectivity index (χ0n) is 17.6. The largest absolute Gasteiger partial charge is 0.497 e. The number of ether oxygens (including phenoxy) is 2. The number of aromatic nitrogens is 2. The van der Waals surface area contributed by atoms with E-state index in [1.807, 2.05) is 48.5 Å². The van der Waals surface area contributed by atoms with E-state index in [-0.39, 0.29) is 10.9 Å². The van der Waals surface area contributed by atoms with Crippen LogP contribution in [0.3, 0.4) is 0 Å². The summed E-state index contributed by atoms with van der Waals surface area (Å²) < 4.78 is 10.4. The van der Waals surface area contributed by atoms with Gasteiger partial charge in [0, 0.05) is 34.3 Å². The Morgan fingerprint density at radius 3 is 1.28 bits per heavy atom. The third-order valence-corrected chi connectivity index (χ3v) is 5.58. The van der Waals surface area contributed by atoms with Gasteiger partial charge in [0.1, 0.15) is 11.5 Å². The lowest BCUT2D eigenvalue weighted by Crippen LogP contribution is -2.07. The SMILES string of the molecule is COc1ccc(-c2cc(=O)c3cc4[nH]c(-c5ccc(OC)cc5)cc(=O)c4cc3[nH]2)cc1. The molecule has 2 heterocycles. The Hall–Kier alpha value is -4.32. The molecule has 0 saturated carbocycles. The van der Waals surface area contributed by atoms with E-state index in [0.29, 0.717) is 33.2 Å². The maximum atomic E-state index is 12.9. The standard InChI is InChI=1S/C26H20N2O4/c1-31-17-7-3-15(4-8-17)21-13-25(29)19-12-24-20(11-23(19)27-21)26(30)14-22(28-24)16-5-9-18(32-2)10-6-16/h3-14H,1-2H3,(H,27,29)(H,28,30). The smallest absolute Gasteiger partial charge is 0.190 e. The molecule has 6 heteroatoms. The van der Waals surface area contributed by atoms with E-state index < -0.39 is 0 Å². The average Bonchev–Trinajstić information content (AvgIpc) is 2.83. The van der Waals surface area contributed by atoms with Crippen molar-refractivity contribution >= 4 is 21.8 Å². The molecule has 3 aromatic carbocycles. The van der Waals surface area contributed by atoms with Crippen molar-refractivity contribution in [1.82, 2.24) is 9.97 Å². The summed E-state index contributed by atoms with van der Waals surface area (Å²) in [4.78, 5) is 32.4. The van der Waals surface area contributed by atoms with Crippen molar-refractivity contribution in [2.24, 2.45) is 0 Å². The predicted octanol–water partition coefficient (Wildman–Crippen LogP) is 4.72. The van der Waals surface area contributed by atoms with Crippen LogP contribution < -0.4 is 20.3 Å². The lowest BCUT2D eigenvalue weighted by Gasteiger charge is -2.09. The Labute approximate surface area is 183 Å². The molecule has 0 saturated heterocycles. The molecule has 0 radical (unpaired) electrons. The second kappa shape index (κ2) is 7.74. The Balaban J connectivity index is 1.65. The summed E-state index contributed by atoms with van der Waals surface area (Å²) in [6.45, 7) is 0. The van der Waals surface area contributed by atoms with Gasteiger partial charge in [-0.15, -0.1) is 0 Å². The first kappa shape index (κ1) is 19.6. The number of fused-ring (bicyclic) bond motifs is 2. The molecular formula is C26H20N2O4. The topological polar surface area (TPSA) is 84.2 Å². The van der Waals surface area contributed by atoms with E-state index in [9.17, 15) is 9.59 Å². The van der Waals surface area contributed by atoms with Gasteiger partial charge < -0.3 is 19.4 Å². The fourth-order valence-electron chi connectivity index (χ4n) is 3.85. The third kappa shape index (κ3) is 3.41. The van der Waals surface area contributed by atoms with Gasteiger partial charge in [0.05, 0.1) is 25.3 Å². The lowest BCUT2D eigenvalue weighted by molar-refractivity contribution is 0.415. The number of hydrogen-bond donors (Lipinski definition) is 2. The van der Waals surface area contributed by atoms with Crippen molar-refractivity contribution in [2.45, 2.75) is 0 Å². The second-order valence-electron chi connectivity index (χ2n) is 7.49. The van der Waals surface area contributed by atoms with Crippen LogP contribution in [0.25, 0.3) is 44.3 Å². The molecule has 158 valence electrons. The highest BCUT2D eigenvalue weighted by atomic mass is 16.5. The molecule has 32 heavy (non-hydrogen) atoms. The summed E-state index contributed by atoms with van der Waals surface area (Å²) >= 11 is 0. The van der Waals surface area contributed by atoms with E-state index in [1.165, 1.54) is 0 Å². The molecule has 0 amide bonds. The second-order valence-corrected chi connectivity index (χ2v) is 7.49. The van der Waals surface area contributed by atoms with E-state index in [2.05, 4.69) is 9.97 Å². The van der Waals surface area contributed by atoms with Crippen LogP contribution in [0.5, 0.6) is 11.5 Å². The molecule has 5 rings (SSSR count). The summed E-state index contributed by atoms with van der Waals surface area (Å²) in [5.74, 6) is 1.48. The molecule has 0 bridgehead atoms. The molecular weight excluding hydrogens is 404 g/mol. The Bertz CT molecular complexity index is 1440. The molecule has 0 spiro atoms. The molecule has 0 aliphatic heterocycles. The number of pyridine rings is 2. The molecule has 0 aliphatic rings. The number of aromatic amines is 2. The molecule has 6 nitrogen and oxygen atoms in total. The maximum Gasteiger partial charge on any atom is 0.190 e. The first-order valence-electron chi connectivity index (χ1n) is 10.1. The van der Waals surface area contributed by atoms with Gasteiger partial charge in [-0.05, 0) is 71.8 Å². The third-order valence-electron chi connectivity index (χ3n) is 5.58. The van der Waals surface area contributed by atoms with Crippen molar-refractivity contribution < 1.29 is 9.47 Å². The summed E-state index contributed by atoms with van der Waals surface area (Å²) in [6, 6.07) is 21.5. The highest BCUT2D eigenvalue weighted by molar-refractivity contribution is 5.96. The first-order chi connectivity index (χ1) is 15.6. The van der Waals surface area contributed by atoms with Crippen LogP contribution in [0, 0.1) is 0 Å². The van der Waals surface area contributed by atoms with Gasteiger partial charge in [0.15, 0.2) is 10.9 Å². The van der Waals surface area contributed by atoms with E-state index >= 15 is 0 Å². The van der Waals surface area contributed by atoms with Crippen LogP contribution in [0.1, 0.15) is 0 Å². The van der Waals surface area contributed by atoms with Crippen LogP contribution in [0.2, 0.25) is 0 Å². The van der Waals surface area contributed by atoms with Crippen LogP contribution in [-0.2, 0) is 0 Å². The number of hydrogen-bond acceptors (Lipinski definition) is 4. The molecule has 2 aromatic heterocycles. The van der Waals surface area contributed by atoms with Gasteiger partial charge in [-0.3, -0.25) is 9.59 Å². The Morgan fingerprint density at radius 2 is 0.938 bits per heavy atom. The Morgan fingerprint density at radius 1 is 0.562 bits per heavy atom. The number of rotatable bonds is 4. The van der Waals surface area contributed by atoms with Crippen LogP contribution in [0.4, 0.5) is 0 Å². The summed E-state index contributed by atoms with van der Waals surface area (Å²) in [7, 11) is 3.21. The fourth-order valence-corrected chi connectivity index (χ4v) is 3.85. The monoisotopic (exact) mass is 424 g/mol. The minimum atomic E-state index is -0.123.